The van der Waals surface area contributed by atoms with Crippen molar-refractivity contribution in [1.29, 1.82) is 0 Å². The lowest BCUT2D eigenvalue weighted by molar-refractivity contribution is -0.142. The van der Waals surface area contributed by atoms with Gasteiger partial charge in [0.1, 0.15) is 6.61 Å². The van der Waals surface area contributed by atoms with E-state index in [0.29, 0.717) is 12.8 Å². The maximum atomic E-state index is 11.8. The minimum absolute atomic E-state index is 0.192. The molecule has 1 fully saturated rings. The molecule has 1 aromatic rings. The van der Waals surface area contributed by atoms with Crippen LogP contribution in [-0.4, -0.2) is 23.2 Å². The summed E-state index contributed by atoms with van der Waals surface area (Å²) < 4.78 is 5.16. The zero-order chi connectivity index (χ0) is 15.1. The van der Waals surface area contributed by atoms with Crippen molar-refractivity contribution in [1.82, 2.24) is 5.32 Å². The van der Waals surface area contributed by atoms with Gasteiger partial charge in [-0.05, 0) is 18.4 Å². The molecule has 2 unspecified atom stereocenters. The molecule has 0 aromatic heterocycles. The Balaban J connectivity index is 1.86. The minimum Gasteiger partial charge on any atom is -0.481 e. The van der Waals surface area contributed by atoms with E-state index in [0.717, 1.165) is 24.8 Å². The number of nitrogens with one attached hydrogen (secondary N) is 1. The maximum Gasteiger partial charge on any atom is 0.407 e. The number of aliphatic carboxylic acids is 1. The fraction of sp³-hybridized carbons (Fsp3) is 0.500. The van der Waals surface area contributed by atoms with Crippen molar-refractivity contribution in [2.45, 2.75) is 44.8 Å². The normalized spacial score (nSPS) is 22.1. The number of benzene rings is 1. The van der Waals surface area contributed by atoms with Crippen molar-refractivity contribution in [2.75, 3.05) is 0 Å². The molecule has 5 nitrogen and oxygen atoms in total. The van der Waals surface area contributed by atoms with E-state index in [-0.39, 0.29) is 12.6 Å². The van der Waals surface area contributed by atoms with Crippen LogP contribution < -0.4 is 5.32 Å². The van der Waals surface area contributed by atoms with Gasteiger partial charge in [-0.15, -0.1) is 0 Å². The molecule has 1 aromatic carbocycles. The molecule has 1 saturated carbocycles. The van der Waals surface area contributed by atoms with Crippen molar-refractivity contribution in [3.8, 4) is 0 Å². The lowest BCUT2D eigenvalue weighted by Crippen LogP contribution is -2.43. The second kappa shape index (κ2) is 7.67. The Bertz CT molecular complexity index is 474. The fourth-order valence-electron chi connectivity index (χ4n) is 2.69. The molecule has 0 spiro atoms. The molecule has 1 aliphatic rings. The summed E-state index contributed by atoms with van der Waals surface area (Å²) in [5.41, 5.74) is 0.906. The molecule has 0 radical (unpaired) electrons. The Morgan fingerprint density at radius 1 is 1.14 bits per heavy atom. The average Bonchev–Trinajstić information content (AvgIpc) is 2.72. The predicted molar refractivity (Wildman–Crippen MR) is 77.8 cm³/mol. The van der Waals surface area contributed by atoms with E-state index < -0.39 is 18.0 Å². The highest BCUT2D eigenvalue weighted by atomic mass is 16.5. The highest BCUT2D eigenvalue weighted by Gasteiger charge is 2.30. The van der Waals surface area contributed by atoms with Gasteiger partial charge in [-0.1, -0.05) is 49.6 Å². The summed E-state index contributed by atoms with van der Waals surface area (Å²) in [4.78, 5) is 23.1. The molecule has 2 N–H and O–H groups in total. The third kappa shape index (κ3) is 4.77. The lowest BCUT2D eigenvalue weighted by atomic mass is 9.95. The summed E-state index contributed by atoms with van der Waals surface area (Å²) >= 11 is 0. The average molecular weight is 291 g/mol. The molecule has 114 valence electrons. The number of carbonyl (C=O) groups is 2. The quantitative estimate of drug-likeness (QED) is 0.836. The third-order valence-corrected chi connectivity index (χ3v) is 3.85. The van der Waals surface area contributed by atoms with Gasteiger partial charge in [0.2, 0.25) is 0 Å². The van der Waals surface area contributed by atoms with Crippen molar-refractivity contribution in [2.24, 2.45) is 5.92 Å². The van der Waals surface area contributed by atoms with Crippen molar-refractivity contribution >= 4 is 12.1 Å². The van der Waals surface area contributed by atoms with E-state index >= 15 is 0 Å². The zero-order valence-corrected chi connectivity index (χ0v) is 12.0. The number of carbonyl (C=O) groups excluding carboxylic acids is 1. The van der Waals surface area contributed by atoms with Crippen LogP contribution in [0.2, 0.25) is 0 Å². The molecule has 21 heavy (non-hydrogen) atoms. The van der Waals surface area contributed by atoms with Gasteiger partial charge in [-0.25, -0.2) is 4.79 Å². The Labute approximate surface area is 124 Å². The summed E-state index contributed by atoms with van der Waals surface area (Å²) in [6.45, 7) is 0.192. The SMILES string of the molecule is O=C(NC1CCCCCC1C(=O)O)OCc1ccccc1. The van der Waals surface area contributed by atoms with Gasteiger partial charge in [0, 0.05) is 6.04 Å². The van der Waals surface area contributed by atoms with Crippen LogP contribution in [0.4, 0.5) is 4.79 Å². The van der Waals surface area contributed by atoms with Gasteiger partial charge in [-0.2, -0.15) is 0 Å². The van der Waals surface area contributed by atoms with Gasteiger partial charge in [0.15, 0.2) is 0 Å². The monoisotopic (exact) mass is 291 g/mol. The number of ether oxygens (including phenoxy) is 1. The molecule has 2 rings (SSSR count). The number of amides is 1. The first-order valence-corrected chi connectivity index (χ1v) is 7.37. The fourth-order valence-corrected chi connectivity index (χ4v) is 2.69. The van der Waals surface area contributed by atoms with Crippen LogP contribution in [-0.2, 0) is 16.1 Å². The number of hydrogen-bond donors (Lipinski definition) is 2. The summed E-state index contributed by atoms with van der Waals surface area (Å²) in [6.07, 6.45) is 3.61. The van der Waals surface area contributed by atoms with Crippen LogP contribution in [0.15, 0.2) is 30.3 Å². The van der Waals surface area contributed by atoms with E-state index in [1.165, 1.54) is 0 Å². The first kappa shape index (κ1) is 15.4. The molecule has 0 saturated heterocycles. The summed E-state index contributed by atoms with van der Waals surface area (Å²) in [6, 6.07) is 9.06. The molecule has 0 aliphatic heterocycles. The molecule has 0 heterocycles. The molecule has 1 amide bonds. The van der Waals surface area contributed by atoms with E-state index in [1.807, 2.05) is 30.3 Å². The number of hydrogen-bond acceptors (Lipinski definition) is 3. The Hall–Kier alpha value is -2.04. The van der Waals surface area contributed by atoms with Crippen LogP contribution in [0.3, 0.4) is 0 Å². The van der Waals surface area contributed by atoms with Crippen LogP contribution in [0, 0.1) is 5.92 Å². The number of alkyl carbamates (subject to hydrolysis) is 1. The summed E-state index contributed by atoms with van der Waals surface area (Å²) in [7, 11) is 0. The molecular formula is C16H21NO4. The van der Waals surface area contributed by atoms with Gasteiger partial charge < -0.3 is 15.2 Å². The van der Waals surface area contributed by atoms with Gasteiger partial charge in [-0.3, -0.25) is 4.79 Å². The largest absolute Gasteiger partial charge is 0.481 e. The zero-order valence-electron chi connectivity index (χ0n) is 12.0. The van der Waals surface area contributed by atoms with E-state index in [2.05, 4.69) is 5.32 Å². The van der Waals surface area contributed by atoms with Gasteiger partial charge >= 0.3 is 12.1 Å². The van der Waals surface area contributed by atoms with E-state index in [1.54, 1.807) is 0 Å². The number of carboxylic acids is 1. The first-order chi connectivity index (χ1) is 10.2. The van der Waals surface area contributed by atoms with Crippen LogP contribution >= 0.6 is 0 Å². The Kier molecular flexibility index (Phi) is 5.60. The topological polar surface area (TPSA) is 75.6 Å². The van der Waals surface area contributed by atoms with Crippen molar-refractivity contribution < 1.29 is 19.4 Å². The van der Waals surface area contributed by atoms with E-state index in [9.17, 15) is 14.7 Å². The third-order valence-electron chi connectivity index (χ3n) is 3.85. The summed E-state index contributed by atoms with van der Waals surface area (Å²) in [5.74, 6) is -1.36. The highest BCUT2D eigenvalue weighted by Crippen LogP contribution is 2.24. The Morgan fingerprint density at radius 2 is 1.86 bits per heavy atom. The number of carboxylic acid groups (broad SMARTS) is 1. The second-order valence-corrected chi connectivity index (χ2v) is 5.40. The molecule has 2 atom stereocenters. The first-order valence-electron chi connectivity index (χ1n) is 7.37. The van der Waals surface area contributed by atoms with Crippen molar-refractivity contribution in [3.63, 3.8) is 0 Å². The van der Waals surface area contributed by atoms with Gasteiger partial charge in [0.05, 0.1) is 5.92 Å². The van der Waals surface area contributed by atoms with Crippen LogP contribution in [0.5, 0.6) is 0 Å². The molecule has 5 heteroatoms. The molecule has 1 aliphatic carbocycles. The van der Waals surface area contributed by atoms with Crippen LogP contribution in [0.1, 0.15) is 37.7 Å². The smallest absolute Gasteiger partial charge is 0.407 e. The van der Waals surface area contributed by atoms with Crippen LogP contribution in [0.25, 0.3) is 0 Å². The predicted octanol–water partition coefficient (Wildman–Crippen LogP) is 2.95. The van der Waals surface area contributed by atoms with Gasteiger partial charge in [0.25, 0.3) is 0 Å². The van der Waals surface area contributed by atoms with Crippen molar-refractivity contribution in [3.05, 3.63) is 35.9 Å². The maximum absolute atomic E-state index is 11.8. The highest BCUT2D eigenvalue weighted by molar-refractivity contribution is 5.73. The second-order valence-electron chi connectivity index (χ2n) is 5.40. The Morgan fingerprint density at radius 3 is 2.57 bits per heavy atom. The standard InChI is InChI=1S/C16H21NO4/c18-15(19)13-9-5-2-6-10-14(13)17-16(20)21-11-12-7-3-1-4-8-12/h1,3-4,7-8,13-14H,2,5-6,9-11H2,(H,17,20)(H,18,19). The lowest BCUT2D eigenvalue weighted by Gasteiger charge is -2.22. The molecular weight excluding hydrogens is 270 g/mol. The number of rotatable bonds is 4. The minimum atomic E-state index is -0.842. The molecule has 0 bridgehead atoms. The summed E-state index contributed by atoms with van der Waals surface area (Å²) in [5, 5.41) is 12.0. The van der Waals surface area contributed by atoms with E-state index in [4.69, 9.17) is 4.74 Å².